The number of hydrogen-bond acceptors (Lipinski definition) is 3. The number of thiocarbonyl (C=S) groups is 1. The molecule has 2 atom stereocenters. The van der Waals surface area contributed by atoms with Crippen molar-refractivity contribution >= 4 is 39.7 Å². The van der Waals surface area contributed by atoms with E-state index in [1.807, 2.05) is 55.6 Å². The van der Waals surface area contributed by atoms with Crippen molar-refractivity contribution in [2.24, 2.45) is 0 Å². The topological polar surface area (TPSA) is 62.2 Å². The van der Waals surface area contributed by atoms with Crippen molar-refractivity contribution in [1.82, 2.24) is 19.8 Å². The molecular formula is C34H33N5OS. The van der Waals surface area contributed by atoms with Gasteiger partial charge in [0.2, 0.25) is 5.91 Å². The first-order valence-corrected chi connectivity index (χ1v) is 14.3. The lowest BCUT2D eigenvalue weighted by atomic mass is 9.96. The van der Waals surface area contributed by atoms with Crippen LogP contribution < -0.4 is 10.6 Å². The van der Waals surface area contributed by atoms with Crippen LogP contribution in [0.2, 0.25) is 0 Å². The Balaban J connectivity index is 1.36. The van der Waals surface area contributed by atoms with Crippen LogP contribution in [0.25, 0.3) is 16.5 Å². The lowest BCUT2D eigenvalue weighted by Crippen LogP contribution is -2.32. The zero-order valence-corrected chi connectivity index (χ0v) is 24.3. The number of rotatable bonds is 7. The molecule has 1 fully saturated rings. The van der Waals surface area contributed by atoms with Gasteiger partial charge in [-0.25, -0.2) is 0 Å². The van der Waals surface area contributed by atoms with Crippen molar-refractivity contribution in [2.75, 3.05) is 11.9 Å². The van der Waals surface area contributed by atoms with E-state index in [0.717, 1.165) is 39.6 Å². The van der Waals surface area contributed by atoms with Crippen LogP contribution in [0.1, 0.15) is 46.7 Å². The number of pyridine rings is 1. The van der Waals surface area contributed by atoms with Gasteiger partial charge >= 0.3 is 0 Å². The third-order valence-electron chi connectivity index (χ3n) is 7.88. The van der Waals surface area contributed by atoms with Crippen LogP contribution in [0.3, 0.4) is 0 Å². The highest BCUT2D eigenvalue weighted by molar-refractivity contribution is 7.80. The number of hydrogen-bond donors (Lipinski definition) is 2. The van der Waals surface area contributed by atoms with Gasteiger partial charge in [-0.2, -0.15) is 0 Å². The molecule has 0 spiro atoms. The minimum absolute atomic E-state index is 0.0420. The van der Waals surface area contributed by atoms with E-state index in [-0.39, 0.29) is 18.0 Å². The summed E-state index contributed by atoms with van der Waals surface area (Å²) >= 11 is 5.88. The van der Waals surface area contributed by atoms with Gasteiger partial charge in [-0.15, -0.1) is 0 Å². The second-order valence-corrected chi connectivity index (χ2v) is 11.0. The van der Waals surface area contributed by atoms with Crippen molar-refractivity contribution in [3.05, 3.63) is 125 Å². The Morgan fingerprint density at radius 2 is 1.73 bits per heavy atom. The normalized spacial score (nSPS) is 16.7. The maximum atomic E-state index is 13.0. The first kappa shape index (κ1) is 26.7. The van der Waals surface area contributed by atoms with E-state index in [2.05, 4.69) is 87.5 Å². The van der Waals surface area contributed by atoms with E-state index in [4.69, 9.17) is 12.2 Å². The van der Waals surface area contributed by atoms with Crippen LogP contribution in [-0.4, -0.2) is 32.0 Å². The molecule has 0 aliphatic carbocycles. The summed E-state index contributed by atoms with van der Waals surface area (Å²) in [5.74, 6) is -0.0420. The number of carbonyl (C=O) groups excluding carboxylic acids is 1. The van der Waals surface area contributed by atoms with Crippen molar-refractivity contribution in [3.8, 4) is 5.69 Å². The van der Waals surface area contributed by atoms with E-state index in [0.29, 0.717) is 18.1 Å². The van der Waals surface area contributed by atoms with Gasteiger partial charge in [-0.05, 0) is 85.9 Å². The van der Waals surface area contributed by atoms with Crippen molar-refractivity contribution in [2.45, 2.75) is 39.3 Å². The van der Waals surface area contributed by atoms with E-state index >= 15 is 0 Å². The minimum atomic E-state index is -0.148. The Morgan fingerprint density at radius 1 is 0.951 bits per heavy atom. The summed E-state index contributed by atoms with van der Waals surface area (Å²) in [6.07, 6.45) is 2.12. The molecular weight excluding hydrogens is 526 g/mol. The third-order valence-corrected chi connectivity index (χ3v) is 8.23. The van der Waals surface area contributed by atoms with Gasteiger partial charge in [0.05, 0.1) is 23.5 Å². The van der Waals surface area contributed by atoms with Gasteiger partial charge in [-0.1, -0.05) is 54.6 Å². The lowest BCUT2D eigenvalue weighted by molar-refractivity contribution is -0.116. The number of aromatic nitrogens is 2. The molecule has 3 heterocycles. The minimum Gasteiger partial charge on any atom is -0.352 e. The monoisotopic (exact) mass is 559 g/mol. The Morgan fingerprint density at radius 3 is 2.54 bits per heavy atom. The van der Waals surface area contributed by atoms with Crippen LogP contribution in [-0.2, 0) is 4.79 Å². The number of carbonyl (C=O) groups is 1. The highest BCUT2D eigenvalue weighted by atomic mass is 32.1. The fourth-order valence-corrected chi connectivity index (χ4v) is 6.35. The molecule has 1 amide bonds. The zero-order valence-electron chi connectivity index (χ0n) is 23.5. The average molecular weight is 560 g/mol. The predicted octanol–water partition coefficient (Wildman–Crippen LogP) is 6.95. The first-order valence-electron chi connectivity index (χ1n) is 13.9. The lowest BCUT2D eigenvalue weighted by Gasteiger charge is -2.28. The summed E-state index contributed by atoms with van der Waals surface area (Å²) in [5.41, 5.74) is 7.43. The van der Waals surface area contributed by atoms with Crippen LogP contribution in [0, 0.1) is 20.8 Å². The Labute approximate surface area is 246 Å². The summed E-state index contributed by atoms with van der Waals surface area (Å²) < 4.78 is 2.33. The second kappa shape index (κ2) is 11.2. The average Bonchev–Trinajstić information content (AvgIpc) is 3.46. The summed E-state index contributed by atoms with van der Waals surface area (Å²) in [6, 6.07) is 30.7. The molecule has 41 heavy (non-hydrogen) atoms. The zero-order chi connectivity index (χ0) is 28.5. The fourth-order valence-electron chi connectivity index (χ4n) is 6.01. The maximum absolute atomic E-state index is 13.0. The molecule has 5 aromatic rings. The Kier molecular flexibility index (Phi) is 7.28. The van der Waals surface area contributed by atoms with Gasteiger partial charge in [0.25, 0.3) is 0 Å². The largest absolute Gasteiger partial charge is 0.352 e. The number of benzene rings is 3. The third kappa shape index (κ3) is 5.21. The fraction of sp³-hybridized carbons (Fsp3) is 0.206. The van der Waals surface area contributed by atoms with Gasteiger partial charge in [0.15, 0.2) is 5.11 Å². The van der Waals surface area contributed by atoms with E-state index < -0.39 is 0 Å². The van der Waals surface area contributed by atoms with Crippen molar-refractivity contribution < 1.29 is 4.79 Å². The number of nitrogens with one attached hydrogen (secondary N) is 2. The number of anilines is 1. The van der Waals surface area contributed by atoms with E-state index in [9.17, 15) is 4.79 Å². The van der Waals surface area contributed by atoms with Crippen LogP contribution in [0.15, 0.2) is 97.2 Å². The molecule has 1 aliphatic heterocycles. The maximum Gasteiger partial charge on any atom is 0.226 e. The molecule has 206 valence electrons. The predicted molar refractivity (Wildman–Crippen MR) is 169 cm³/mol. The molecule has 6 nitrogen and oxygen atoms in total. The molecule has 6 rings (SSSR count). The summed E-state index contributed by atoms with van der Waals surface area (Å²) in [4.78, 5) is 19.8. The first-order chi connectivity index (χ1) is 19.9. The van der Waals surface area contributed by atoms with E-state index in [1.54, 1.807) is 0 Å². The molecule has 2 N–H and O–H groups in total. The highest BCUT2D eigenvalue weighted by Gasteiger charge is 2.41. The molecule has 1 aliphatic rings. The Hall–Kier alpha value is -4.49. The molecule has 0 unspecified atom stereocenters. The molecule has 2 aromatic heterocycles. The molecule has 0 radical (unpaired) electrons. The molecule has 3 aromatic carbocycles. The Bertz CT molecular complexity index is 1740. The summed E-state index contributed by atoms with van der Waals surface area (Å²) in [6.45, 7) is 6.81. The molecule has 7 heteroatoms. The number of amides is 1. The van der Waals surface area contributed by atoms with Crippen LogP contribution in [0.5, 0.6) is 0 Å². The molecule has 1 saturated heterocycles. The van der Waals surface area contributed by atoms with Crippen molar-refractivity contribution in [1.29, 1.82) is 0 Å². The van der Waals surface area contributed by atoms with Crippen LogP contribution in [0.4, 0.5) is 5.69 Å². The van der Waals surface area contributed by atoms with Gasteiger partial charge < -0.3 is 20.1 Å². The highest BCUT2D eigenvalue weighted by Crippen LogP contribution is 2.42. The van der Waals surface area contributed by atoms with E-state index in [1.165, 1.54) is 10.8 Å². The van der Waals surface area contributed by atoms with Gasteiger partial charge in [0, 0.05) is 41.6 Å². The van der Waals surface area contributed by atoms with Gasteiger partial charge in [0.1, 0.15) is 0 Å². The number of fused-ring (bicyclic) bond motifs is 1. The smallest absolute Gasteiger partial charge is 0.226 e. The summed E-state index contributed by atoms with van der Waals surface area (Å²) in [7, 11) is 0. The second-order valence-electron chi connectivity index (χ2n) is 10.6. The van der Waals surface area contributed by atoms with Crippen LogP contribution >= 0.6 is 12.2 Å². The van der Waals surface area contributed by atoms with Crippen molar-refractivity contribution in [3.63, 3.8) is 0 Å². The summed E-state index contributed by atoms with van der Waals surface area (Å²) in [5, 5.41) is 9.60. The number of aryl methyl sites for hydroxylation is 2. The van der Waals surface area contributed by atoms with Gasteiger partial charge in [-0.3, -0.25) is 9.78 Å². The molecule has 0 bridgehead atoms. The molecule has 0 saturated carbocycles. The quantitative estimate of drug-likeness (QED) is 0.211. The number of nitrogens with zero attached hydrogens (tertiary/aromatic N) is 3. The standard InChI is InChI=1S/C34H33N5OS/c1-22-10-8-13-26(20-22)36-31(40)17-19-38-33(32(37-34(38)41)29-15-6-7-18-35-29)28-21-23(2)39(24(28)3)30-16-9-12-25-11-4-5-14-27(25)30/h4-16,18,20-21,32-33H,17,19H2,1-3H3,(H,36,40)(H,37,41)/t32-,33-/m1/s1. The SMILES string of the molecule is Cc1cccc(NC(=O)CCN2C(=S)N[C@H](c3ccccn3)[C@H]2c2cc(C)n(-c3cccc4ccccc34)c2C)c1.